The predicted molar refractivity (Wildman–Crippen MR) is 94.4 cm³/mol. The van der Waals surface area contributed by atoms with Crippen molar-refractivity contribution in [2.75, 3.05) is 36.5 Å². The number of rotatable bonds is 3. The molecule has 0 bridgehead atoms. The number of halogens is 4. The topological polar surface area (TPSA) is 54.5 Å². The zero-order valence-corrected chi connectivity index (χ0v) is 15.1. The largest absolute Gasteiger partial charge is 0.417 e. The summed E-state index contributed by atoms with van der Waals surface area (Å²) in [6.07, 6.45) is -3.11. The Balaban J connectivity index is 1.72. The van der Waals surface area contributed by atoms with Crippen LogP contribution in [0.1, 0.15) is 15.9 Å². The lowest BCUT2D eigenvalue weighted by Crippen LogP contribution is -2.36. The number of carbonyl (C=O) groups is 1. The molecule has 0 saturated carbocycles. The van der Waals surface area contributed by atoms with Crippen molar-refractivity contribution in [1.82, 2.24) is 4.98 Å². The van der Waals surface area contributed by atoms with Gasteiger partial charge in [-0.1, -0.05) is 15.9 Å². The number of pyridine rings is 1. The van der Waals surface area contributed by atoms with Crippen LogP contribution in [0.4, 0.5) is 24.7 Å². The summed E-state index contributed by atoms with van der Waals surface area (Å²) in [7, 11) is 0. The molecule has 1 aromatic carbocycles. The first-order valence-electron chi connectivity index (χ1n) is 7.81. The lowest BCUT2D eigenvalue weighted by Gasteiger charge is -2.27. The third kappa shape index (κ3) is 4.34. The predicted octanol–water partition coefficient (Wildman–Crippen LogP) is 3.95. The van der Waals surface area contributed by atoms with Gasteiger partial charge in [0.2, 0.25) is 0 Å². The minimum Gasteiger partial charge on any atom is -0.378 e. The molecule has 138 valence electrons. The fourth-order valence-corrected chi connectivity index (χ4v) is 2.99. The number of aromatic nitrogens is 1. The second kappa shape index (κ2) is 7.63. The Bertz CT molecular complexity index is 791. The van der Waals surface area contributed by atoms with Gasteiger partial charge in [-0.05, 0) is 30.3 Å². The molecule has 1 fully saturated rings. The van der Waals surface area contributed by atoms with Crippen molar-refractivity contribution in [2.24, 2.45) is 0 Å². The van der Waals surface area contributed by atoms with E-state index in [1.54, 1.807) is 12.1 Å². The third-order valence-corrected chi connectivity index (χ3v) is 4.57. The molecular formula is C17H15BrF3N3O2. The highest BCUT2D eigenvalue weighted by molar-refractivity contribution is 9.10. The average Bonchev–Trinajstić information content (AvgIpc) is 2.63. The van der Waals surface area contributed by atoms with E-state index in [2.05, 4.69) is 26.2 Å². The fourth-order valence-electron chi connectivity index (χ4n) is 2.52. The highest BCUT2D eigenvalue weighted by Gasteiger charge is 2.33. The smallest absolute Gasteiger partial charge is 0.378 e. The molecule has 0 atom stereocenters. The molecule has 9 heteroatoms. The molecule has 1 N–H and O–H groups in total. The van der Waals surface area contributed by atoms with Gasteiger partial charge in [-0.2, -0.15) is 13.2 Å². The maximum atomic E-state index is 12.9. The number of hydrogen-bond donors (Lipinski definition) is 1. The van der Waals surface area contributed by atoms with Crippen molar-refractivity contribution >= 4 is 33.3 Å². The van der Waals surface area contributed by atoms with Gasteiger partial charge < -0.3 is 15.0 Å². The van der Waals surface area contributed by atoms with Crippen LogP contribution in [0.3, 0.4) is 0 Å². The van der Waals surface area contributed by atoms with E-state index in [0.717, 1.165) is 25.0 Å². The Kier molecular flexibility index (Phi) is 5.47. The molecule has 2 aromatic rings. The summed E-state index contributed by atoms with van der Waals surface area (Å²) < 4.78 is 44.0. The zero-order valence-electron chi connectivity index (χ0n) is 13.5. The number of anilines is 2. The highest BCUT2D eigenvalue weighted by Crippen LogP contribution is 2.36. The van der Waals surface area contributed by atoms with Crippen molar-refractivity contribution in [3.8, 4) is 0 Å². The van der Waals surface area contributed by atoms with Crippen LogP contribution in [0.5, 0.6) is 0 Å². The van der Waals surface area contributed by atoms with E-state index < -0.39 is 17.6 Å². The summed E-state index contributed by atoms with van der Waals surface area (Å²) in [5.41, 5.74) is -0.530. The van der Waals surface area contributed by atoms with E-state index in [1.165, 1.54) is 18.3 Å². The van der Waals surface area contributed by atoms with Crippen LogP contribution in [0, 0.1) is 0 Å². The maximum Gasteiger partial charge on any atom is 0.417 e. The number of nitrogens with one attached hydrogen (secondary N) is 1. The lowest BCUT2D eigenvalue weighted by molar-refractivity contribution is -0.138. The summed E-state index contributed by atoms with van der Waals surface area (Å²) in [6, 6.07) is 6.84. The molecule has 1 aromatic heterocycles. The van der Waals surface area contributed by atoms with Gasteiger partial charge in [0.1, 0.15) is 5.82 Å². The van der Waals surface area contributed by atoms with Crippen molar-refractivity contribution in [3.63, 3.8) is 0 Å². The quantitative estimate of drug-likeness (QED) is 0.802. The van der Waals surface area contributed by atoms with Crippen LogP contribution < -0.4 is 10.2 Å². The summed E-state index contributed by atoms with van der Waals surface area (Å²) in [6.45, 7) is 2.68. The minimum atomic E-state index is -4.51. The van der Waals surface area contributed by atoms with Crippen molar-refractivity contribution in [2.45, 2.75) is 6.18 Å². The van der Waals surface area contributed by atoms with Gasteiger partial charge in [0.25, 0.3) is 5.91 Å². The van der Waals surface area contributed by atoms with Crippen LogP contribution in [-0.4, -0.2) is 37.2 Å². The standard InChI is InChI=1S/C17H15BrF3N3O2/c18-14-3-2-12(9-13(14)17(19,20)21)23-16(25)11-1-4-15(22-10-11)24-5-7-26-8-6-24/h1-4,9-10H,5-8H2,(H,23,25). The first-order valence-corrected chi connectivity index (χ1v) is 8.61. The van der Waals surface area contributed by atoms with E-state index in [1.807, 2.05) is 4.90 Å². The monoisotopic (exact) mass is 429 g/mol. The second-order valence-electron chi connectivity index (χ2n) is 5.65. The molecule has 3 rings (SSSR count). The first kappa shape index (κ1) is 18.7. The van der Waals surface area contributed by atoms with Gasteiger partial charge >= 0.3 is 6.18 Å². The molecule has 5 nitrogen and oxygen atoms in total. The van der Waals surface area contributed by atoms with Crippen molar-refractivity contribution in [3.05, 3.63) is 52.1 Å². The van der Waals surface area contributed by atoms with Gasteiger partial charge in [0, 0.05) is 29.4 Å². The normalized spacial score (nSPS) is 15.0. The Morgan fingerprint density at radius 2 is 1.92 bits per heavy atom. The molecular weight excluding hydrogens is 415 g/mol. The zero-order chi connectivity index (χ0) is 18.7. The van der Waals surface area contributed by atoms with Crippen LogP contribution >= 0.6 is 15.9 Å². The molecule has 1 saturated heterocycles. The van der Waals surface area contributed by atoms with Crippen molar-refractivity contribution < 1.29 is 22.7 Å². The number of benzene rings is 1. The molecule has 2 heterocycles. The van der Waals surface area contributed by atoms with Gasteiger partial charge in [0.15, 0.2) is 0 Å². The van der Waals surface area contributed by atoms with Crippen LogP contribution in [0.2, 0.25) is 0 Å². The molecule has 26 heavy (non-hydrogen) atoms. The molecule has 1 aliphatic rings. The molecule has 0 aliphatic carbocycles. The second-order valence-corrected chi connectivity index (χ2v) is 6.51. The first-order chi connectivity index (χ1) is 12.3. The SMILES string of the molecule is O=C(Nc1ccc(Br)c(C(F)(F)F)c1)c1ccc(N2CCOCC2)nc1. The summed E-state index contributed by atoms with van der Waals surface area (Å²) in [5, 5.41) is 2.46. The number of alkyl halides is 3. The van der Waals surface area contributed by atoms with Gasteiger partial charge in [-0.25, -0.2) is 4.98 Å². The van der Waals surface area contributed by atoms with Crippen LogP contribution in [-0.2, 0) is 10.9 Å². The van der Waals surface area contributed by atoms with E-state index >= 15 is 0 Å². The molecule has 0 spiro atoms. The van der Waals surface area contributed by atoms with Crippen molar-refractivity contribution in [1.29, 1.82) is 0 Å². The Labute approximate surface area is 156 Å². The van der Waals surface area contributed by atoms with E-state index in [0.29, 0.717) is 13.2 Å². The molecule has 1 aliphatic heterocycles. The van der Waals surface area contributed by atoms with Gasteiger partial charge in [0.05, 0.1) is 24.3 Å². The number of ether oxygens (including phenoxy) is 1. The Morgan fingerprint density at radius 1 is 1.19 bits per heavy atom. The highest BCUT2D eigenvalue weighted by atomic mass is 79.9. The molecule has 0 radical (unpaired) electrons. The maximum absolute atomic E-state index is 12.9. The molecule has 0 unspecified atom stereocenters. The number of nitrogens with zero attached hydrogens (tertiary/aromatic N) is 2. The van der Waals surface area contributed by atoms with Gasteiger partial charge in [-0.15, -0.1) is 0 Å². The van der Waals surface area contributed by atoms with E-state index in [4.69, 9.17) is 4.74 Å². The Hall–Kier alpha value is -2.13. The molecule has 1 amide bonds. The fraction of sp³-hybridized carbons (Fsp3) is 0.294. The number of morpholine rings is 1. The number of carbonyl (C=O) groups excluding carboxylic acids is 1. The number of hydrogen-bond acceptors (Lipinski definition) is 4. The average molecular weight is 430 g/mol. The summed E-state index contributed by atoms with van der Waals surface area (Å²) >= 11 is 2.87. The lowest BCUT2D eigenvalue weighted by atomic mass is 10.2. The van der Waals surface area contributed by atoms with Crippen LogP contribution in [0.25, 0.3) is 0 Å². The third-order valence-electron chi connectivity index (χ3n) is 3.87. The minimum absolute atomic E-state index is 0.0581. The van der Waals surface area contributed by atoms with E-state index in [9.17, 15) is 18.0 Å². The summed E-state index contributed by atoms with van der Waals surface area (Å²) in [4.78, 5) is 18.6. The number of amides is 1. The Morgan fingerprint density at radius 3 is 2.54 bits per heavy atom. The van der Waals surface area contributed by atoms with E-state index in [-0.39, 0.29) is 15.7 Å². The van der Waals surface area contributed by atoms with Gasteiger partial charge in [-0.3, -0.25) is 4.79 Å². The van der Waals surface area contributed by atoms with Crippen LogP contribution in [0.15, 0.2) is 41.0 Å². The summed E-state index contributed by atoms with van der Waals surface area (Å²) in [5.74, 6) is 0.203.